The topological polar surface area (TPSA) is 244 Å². The molecule has 9 N–H and O–H groups in total. The van der Waals surface area contributed by atoms with Gasteiger partial charge in [0.05, 0.1) is 0 Å². The second-order valence-electron chi connectivity index (χ2n) is 46.5. The highest BCUT2D eigenvalue weighted by Crippen LogP contribution is 2.43. The molecule has 1 atom stereocenters. The van der Waals surface area contributed by atoms with Crippen molar-refractivity contribution < 1.29 is 0 Å². The Balaban J connectivity index is 1.10. The van der Waals surface area contributed by atoms with Crippen molar-refractivity contribution in [3.63, 3.8) is 0 Å². The van der Waals surface area contributed by atoms with Gasteiger partial charge in [-0.2, -0.15) is 44.9 Å². The molecule has 0 radical (unpaired) electrons. The molecule has 0 bridgehead atoms. The number of piperidine rings is 6. The lowest BCUT2D eigenvalue weighted by molar-refractivity contribution is 0.156. The summed E-state index contributed by atoms with van der Waals surface area (Å²) in [6.45, 7) is 78.3. The minimum atomic E-state index is -0.0710. The van der Waals surface area contributed by atoms with Gasteiger partial charge in [-0.05, 0) is 313 Å². The zero-order valence-corrected chi connectivity index (χ0v) is 82.6. The lowest BCUT2D eigenvalue weighted by Crippen LogP contribution is -2.63. The predicted molar refractivity (Wildman–Crippen MR) is 511 cm³/mol. The molecule has 0 amide bonds. The van der Waals surface area contributed by atoms with Gasteiger partial charge in [-0.15, -0.1) is 0 Å². The van der Waals surface area contributed by atoms with Crippen molar-refractivity contribution in [3.05, 3.63) is 0 Å². The van der Waals surface area contributed by atoms with E-state index in [-0.39, 0.29) is 109 Å². The van der Waals surface area contributed by atoms with Crippen LogP contribution in [0.3, 0.4) is 0 Å². The number of nitrogens with one attached hydrogen (secondary N) is 9. The molecular weight excluding hydrogens is 1490 g/mol. The van der Waals surface area contributed by atoms with Crippen molar-refractivity contribution in [2.24, 2.45) is 5.92 Å². The highest BCUT2D eigenvalue weighted by molar-refractivity contribution is 5.51. The lowest BCUT2D eigenvalue weighted by Gasteiger charge is -2.50. The number of anilines is 9. The third-order valence-electron chi connectivity index (χ3n) is 26.5. The van der Waals surface area contributed by atoms with E-state index in [1.807, 2.05) is 0 Å². The molecule has 3 aromatic rings. The summed E-state index contributed by atoms with van der Waals surface area (Å²) in [6, 6.07) is 1.50. The number of hydrogen-bond acceptors (Lipinski definition) is 24. The first-order valence-electron chi connectivity index (χ1n) is 48.7. The highest BCUT2D eigenvalue weighted by atomic mass is 15.4. The van der Waals surface area contributed by atoms with E-state index in [4.69, 9.17) is 44.9 Å². The number of rotatable bonds is 44. The number of hydrogen-bond donors (Lipinski definition) is 9. The van der Waals surface area contributed by atoms with Crippen LogP contribution in [0, 0.1) is 5.92 Å². The van der Waals surface area contributed by atoms with Crippen LogP contribution in [0.15, 0.2) is 0 Å². The minimum absolute atomic E-state index is 0.0534. The molecule has 0 aromatic carbocycles. The van der Waals surface area contributed by atoms with Gasteiger partial charge < -0.3 is 77.3 Å². The normalized spacial score (nSPS) is 22.8. The summed E-state index contributed by atoms with van der Waals surface area (Å²) in [4.78, 5) is 66.1. The van der Waals surface area contributed by atoms with Crippen molar-refractivity contribution >= 4 is 53.5 Å². The average molecular weight is 1670 g/mol. The first kappa shape index (κ1) is 98.8. The van der Waals surface area contributed by atoms with Crippen LogP contribution in [0.2, 0.25) is 0 Å². The molecule has 9 heterocycles. The van der Waals surface area contributed by atoms with Gasteiger partial charge in [-0.1, -0.05) is 86.5 Å². The highest BCUT2D eigenvalue weighted by Gasteiger charge is 2.48. The first-order chi connectivity index (χ1) is 55.9. The van der Waals surface area contributed by atoms with Crippen LogP contribution in [-0.4, -0.2) is 206 Å². The van der Waals surface area contributed by atoms with Crippen molar-refractivity contribution in [3.8, 4) is 0 Å². The largest absolute Gasteiger partial charge is 0.354 e. The molecule has 6 aliphatic rings. The molecule has 0 spiro atoms. The Labute approximate surface area is 733 Å². The number of nitrogens with zero attached hydrogens (tertiary/aromatic N) is 15. The molecular formula is C96H182N24. The molecule has 3 aromatic heterocycles. The molecule has 1 unspecified atom stereocenters. The molecule has 686 valence electrons. The van der Waals surface area contributed by atoms with Gasteiger partial charge in [0.2, 0.25) is 53.5 Å². The zero-order chi connectivity index (χ0) is 88.3. The molecule has 24 heteroatoms. The van der Waals surface area contributed by atoms with Gasteiger partial charge in [0.15, 0.2) is 0 Å². The van der Waals surface area contributed by atoms with E-state index in [1.54, 1.807) is 0 Å². The molecule has 24 nitrogen and oxygen atoms in total. The van der Waals surface area contributed by atoms with E-state index in [9.17, 15) is 0 Å². The lowest BCUT2D eigenvalue weighted by atomic mass is 9.79. The minimum Gasteiger partial charge on any atom is -0.354 e. The summed E-state index contributed by atoms with van der Waals surface area (Å²) in [5.74, 6) is 7.09. The molecule has 0 saturated carbocycles. The summed E-state index contributed by atoms with van der Waals surface area (Å²) in [5.41, 5.74) is -0.737. The Morgan fingerprint density at radius 1 is 0.242 bits per heavy atom. The molecule has 6 aliphatic heterocycles. The van der Waals surface area contributed by atoms with Gasteiger partial charge in [0.1, 0.15) is 0 Å². The molecule has 9 rings (SSSR count). The maximum atomic E-state index is 5.74. The van der Waals surface area contributed by atoms with Crippen molar-refractivity contribution in [2.75, 3.05) is 104 Å². The van der Waals surface area contributed by atoms with E-state index >= 15 is 0 Å². The number of aromatic nitrogens is 9. The van der Waals surface area contributed by atoms with Crippen molar-refractivity contribution in [2.45, 2.75) is 497 Å². The summed E-state index contributed by atoms with van der Waals surface area (Å²) in [6.07, 6.45) is 29.7. The fourth-order valence-corrected chi connectivity index (χ4v) is 23.6. The van der Waals surface area contributed by atoms with Gasteiger partial charge in [-0.25, -0.2) is 0 Å². The fourth-order valence-electron chi connectivity index (χ4n) is 23.6. The molecule has 120 heavy (non-hydrogen) atoms. The van der Waals surface area contributed by atoms with E-state index in [2.05, 4.69) is 285 Å². The Kier molecular flexibility index (Phi) is 33.5. The predicted octanol–water partition coefficient (Wildman–Crippen LogP) is 18.9. The van der Waals surface area contributed by atoms with E-state index in [0.29, 0.717) is 30.9 Å². The van der Waals surface area contributed by atoms with Crippen LogP contribution in [0.1, 0.15) is 394 Å². The summed E-state index contributed by atoms with van der Waals surface area (Å²) in [5, 5.41) is 35.9. The second kappa shape index (κ2) is 40.7. The Hall–Kier alpha value is -5.01. The average Bonchev–Trinajstić information content (AvgIpc) is 0.771. The number of unbranched alkanes of at least 4 members (excludes halogenated alkanes) is 7. The maximum Gasteiger partial charge on any atom is 0.232 e. The molecule has 6 saturated heterocycles. The Morgan fingerprint density at radius 3 is 0.608 bits per heavy atom. The quantitative estimate of drug-likeness (QED) is 0.0239. The standard InChI is InChI=1S/C96H182N24/c1-31-37-50-115(70-56-85(7,8)109-86(9,10)57-70)79-100-76(101-80(106-79)116(51-38-32-2)71-58-87(11,12)110-88(13,14)59-71)97-48-44-43-46-69(68-99-78-104-83(119(54-41-35-5)74-64-93(23,24)113-94(25,26)65-74)108-84(105-78)120(55-42-36-6)75-66-95(27,28)114-96(29,30)67-75)47-45-49-98-77-102-81(117(52-39-33-3)72-60-89(15,16)111-90(17,18)61-72)107-82(103-77)118(53-40-34-4)73-62-91(19,20)112-92(21,22)63-73/h69-75,109-114H,31-68H2,1-30H3,(H,97,100,101,106)(H,98,102,103,107)(H,99,104,105,108). The SMILES string of the molecule is CCCCN(c1nc(NCCCCC(CCCNc2nc(N(CCCC)C3CC(C)(C)NC(C)(C)C3)nc(N(CCCC)C3CC(C)(C)NC(C)(C)C3)n2)CNc2nc(N(CCCC)C3CC(C)(C)NC(C)(C)C3)nc(N(CCCC)C3CC(C)(C)NC(C)(C)C3)n2)nc(N(CCCC)C2CC(C)(C)NC(C)(C)C2)n1)C1CC(C)(C)NC(C)(C)C1. The van der Waals surface area contributed by atoms with Crippen LogP contribution in [0.5, 0.6) is 0 Å². The van der Waals surface area contributed by atoms with Gasteiger partial charge in [0, 0.05) is 162 Å². The summed E-state index contributed by atoms with van der Waals surface area (Å²) in [7, 11) is 0. The molecule has 0 aliphatic carbocycles. The van der Waals surface area contributed by atoms with Crippen molar-refractivity contribution in [1.82, 2.24) is 76.8 Å². The third-order valence-corrected chi connectivity index (χ3v) is 26.5. The van der Waals surface area contributed by atoms with Crippen LogP contribution < -0.4 is 77.3 Å². The fraction of sp³-hybridized carbons (Fsp3) is 0.906. The summed E-state index contributed by atoms with van der Waals surface area (Å²) < 4.78 is 0. The van der Waals surface area contributed by atoms with E-state index < -0.39 is 0 Å². The van der Waals surface area contributed by atoms with Crippen LogP contribution in [0.4, 0.5) is 53.5 Å². The summed E-state index contributed by atoms with van der Waals surface area (Å²) >= 11 is 0. The zero-order valence-electron chi connectivity index (χ0n) is 82.6. The first-order valence-corrected chi connectivity index (χ1v) is 48.7. The van der Waals surface area contributed by atoms with Crippen molar-refractivity contribution in [1.29, 1.82) is 0 Å². The third kappa shape index (κ3) is 29.5. The van der Waals surface area contributed by atoms with E-state index in [1.165, 1.54) is 0 Å². The monoisotopic (exact) mass is 1670 g/mol. The van der Waals surface area contributed by atoms with Gasteiger partial charge in [0.25, 0.3) is 0 Å². The second-order valence-corrected chi connectivity index (χ2v) is 46.5. The maximum absolute atomic E-state index is 5.74. The van der Waals surface area contributed by atoms with Crippen LogP contribution >= 0.6 is 0 Å². The Bertz CT molecular complexity index is 3340. The van der Waals surface area contributed by atoms with Gasteiger partial charge >= 0.3 is 0 Å². The smallest absolute Gasteiger partial charge is 0.232 e. The van der Waals surface area contributed by atoms with Gasteiger partial charge in [-0.3, -0.25) is 0 Å². The van der Waals surface area contributed by atoms with Crippen LogP contribution in [-0.2, 0) is 0 Å². The van der Waals surface area contributed by atoms with Crippen LogP contribution in [0.25, 0.3) is 0 Å². The molecule has 6 fully saturated rings. The van der Waals surface area contributed by atoms with E-state index in [0.717, 1.165) is 268 Å². The Morgan fingerprint density at radius 2 is 0.417 bits per heavy atom.